The van der Waals surface area contributed by atoms with Gasteiger partial charge in [-0.15, -0.1) is 0 Å². The first kappa shape index (κ1) is 41.0. The number of rotatable bonds is 12. The number of para-hydroxylation sites is 4. The Morgan fingerprint density at radius 1 is 0.688 bits per heavy atom. The number of methoxy groups -OCH3 is 3. The zero-order valence-electron chi connectivity index (χ0n) is 36.4. The van der Waals surface area contributed by atoms with E-state index in [0.717, 1.165) is 22.1 Å². The Balaban J connectivity index is 0.951. The van der Waals surface area contributed by atoms with E-state index in [2.05, 4.69) is 20.6 Å². The molecule has 16 nitrogen and oxygen atoms in total. The summed E-state index contributed by atoms with van der Waals surface area (Å²) in [5.41, 5.74) is 3.31. The van der Waals surface area contributed by atoms with Crippen molar-refractivity contribution >= 4 is 56.2 Å². The van der Waals surface area contributed by atoms with Crippen molar-refractivity contribution in [3.05, 3.63) is 108 Å². The second-order valence-corrected chi connectivity index (χ2v) is 16.4. The average molecular weight is 867 g/mol. The summed E-state index contributed by atoms with van der Waals surface area (Å²) >= 11 is 0. The molecule has 4 aromatic carbocycles. The molecule has 1 unspecified atom stereocenters. The predicted molar refractivity (Wildman–Crippen MR) is 242 cm³/mol. The maximum Gasteiger partial charge on any atom is 0.198 e. The Morgan fingerprint density at radius 2 is 1.19 bits per heavy atom. The number of aromatic amines is 2. The zero-order chi connectivity index (χ0) is 44.2. The van der Waals surface area contributed by atoms with Gasteiger partial charge in [0.15, 0.2) is 11.6 Å². The number of nitrogens with zero attached hydrogens (tertiary/aromatic N) is 4. The number of fused-ring (bicyclic) bond motifs is 2. The second kappa shape index (κ2) is 16.3. The summed E-state index contributed by atoms with van der Waals surface area (Å²) < 4.78 is 36.5. The number of hydrogen-bond acceptors (Lipinski definition) is 14. The number of nitrogens with one attached hydrogen (secondary N) is 4. The van der Waals surface area contributed by atoms with Crippen LogP contribution >= 0.6 is 0 Å². The van der Waals surface area contributed by atoms with Crippen molar-refractivity contribution in [2.24, 2.45) is 0 Å². The van der Waals surface area contributed by atoms with Crippen LogP contribution in [-0.2, 0) is 19.1 Å². The molecule has 0 radical (unpaired) electrons. The van der Waals surface area contributed by atoms with Gasteiger partial charge in [0, 0.05) is 57.1 Å². The third-order valence-electron chi connectivity index (χ3n) is 12.8. The number of imidazole rings is 2. The highest BCUT2D eigenvalue weighted by atomic mass is 16.5. The topological polar surface area (TPSA) is 177 Å². The maximum absolute atomic E-state index is 15.1. The minimum atomic E-state index is -1.13. The Morgan fingerprint density at radius 3 is 1.64 bits per heavy atom. The molecule has 6 heterocycles. The molecule has 0 aliphatic carbocycles. The molecule has 0 amide bonds. The van der Waals surface area contributed by atoms with Crippen molar-refractivity contribution in [3.63, 3.8) is 0 Å². The van der Waals surface area contributed by atoms with Crippen LogP contribution in [0, 0.1) is 0 Å². The lowest BCUT2D eigenvalue weighted by atomic mass is 9.84. The Labute approximate surface area is 369 Å². The third kappa shape index (κ3) is 6.58. The highest BCUT2D eigenvalue weighted by Crippen LogP contribution is 2.49. The number of carbonyl (C=O) groups is 2. The van der Waals surface area contributed by atoms with Crippen LogP contribution < -0.4 is 39.4 Å². The fourth-order valence-electron chi connectivity index (χ4n) is 9.77. The summed E-state index contributed by atoms with van der Waals surface area (Å²) in [6, 6.07) is 26.6. The number of anilines is 2. The lowest BCUT2D eigenvalue weighted by Gasteiger charge is -2.44. The van der Waals surface area contributed by atoms with E-state index in [-0.39, 0.29) is 37.5 Å². The standard InChI is InChI=1S/C48H50N8O8/c1-49-45-39(43-51-35-11-6-7-12-36(35)52-43)41(57)47(16-10-18-62-26-47)55(45)29-21-33(61-5)24-34(22-29)63-25-30-15-17-48(27-64-30)42(58)40(44-53-37-13-8-9-14-38(37)54-44)46(50-2)56(48)28-19-31(59-3)23-32(20-28)60-4/h6-9,11-14,19-24,30,49-50H,10,15-18,25-27H2,1-5H3,(H,51,52)(H,53,54)/t30?,47-,48+/m1/s1. The molecule has 2 saturated heterocycles. The molecule has 64 heavy (non-hydrogen) atoms. The normalized spacial score (nSPS) is 22.4. The molecule has 3 atom stereocenters. The fraction of sp³-hybridized carbons (Fsp3) is 0.333. The van der Waals surface area contributed by atoms with Gasteiger partial charge in [0.25, 0.3) is 0 Å². The Kier molecular flexibility index (Phi) is 10.4. The van der Waals surface area contributed by atoms with Crippen molar-refractivity contribution in [2.75, 3.05) is 71.7 Å². The highest BCUT2D eigenvalue weighted by Gasteiger charge is 2.57. The largest absolute Gasteiger partial charge is 0.497 e. The summed E-state index contributed by atoms with van der Waals surface area (Å²) in [6.45, 7) is 1.03. The molecular weight excluding hydrogens is 817 g/mol. The zero-order valence-corrected chi connectivity index (χ0v) is 36.4. The number of ketones is 2. The highest BCUT2D eigenvalue weighted by molar-refractivity contribution is 6.31. The van der Waals surface area contributed by atoms with Crippen LogP contribution in [0.1, 0.15) is 37.3 Å². The lowest BCUT2D eigenvalue weighted by molar-refractivity contribution is -0.126. The van der Waals surface area contributed by atoms with Gasteiger partial charge in [0.2, 0.25) is 0 Å². The molecule has 2 spiro atoms. The van der Waals surface area contributed by atoms with Crippen LogP contribution in [0.4, 0.5) is 11.4 Å². The number of H-pyrrole nitrogens is 2. The smallest absolute Gasteiger partial charge is 0.198 e. The van der Waals surface area contributed by atoms with E-state index in [4.69, 9.17) is 38.4 Å². The number of hydrogen-bond donors (Lipinski definition) is 4. The number of aromatic nitrogens is 4. The van der Waals surface area contributed by atoms with Crippen LogP contribution in [0.25, 0.3) is 33.2 Å². The molecule has 2 fully saturated rings. The van der Waals surface area contributed by atoms with Crippen LogP contribution in [0.15, 0.2) is 96.6 Å². The van der Waals surface area contributed by atoms with Gasteiger partial charge in [-0.25, -0.2) is 9.97 Å². The van der Waals surface area contributed by atoms with E-state index in [0.29, 0.717) is 101 Å². The summed E-state index contributed by atoms with van der Waals surface area (Å²) in [4.78, 5) is 50.3. The van der Waals surface area contributed by atoms with Crippen LogP contribution in [0.3, 0.4) is 0 Å². The molecule has 4 aliphatic rings. The Hall–Kier alpha value is -7.04. The van der Waals surface area contributed by atoms with Crippen molar-refractivity contribution < 1.29 is 38.0 Å². The number of carbonyl (C=O) groups excluding carboxylic acids is 2. The Bertz CT molecular complexity index is 2760. The maximum atomic E-state index is 15.1. The van der Waals surface area contributed by atoms with E-state index in [9.17, 15) is 4.79 Å². The first-order valence-corrected chi connectivity index (χ1v) is 21.4. The van der Waals surface area contributed by atoms with Gasteiger partial charge in [0.05, 0.1) is 74.1 Å². The molecule has 0 bridgehead atoms. The van der Waals surface area contributed by atoms with Gasteiger partial charge in [-0.3, -0.25) is 9.59 Å². The van der Waals surface area contributed by atoms with E-state index < -0.39 is 11.1 Å². The van der Waals surface area contributed by atoms with E-state index in [1.165, 1.54) is 0 Å². The van der Waals surface area contributed by atoms with Crippen LogP contribution in [0.2, 0.25) is 0 Å². The van der Waals surface area contributed by atoms with Crippen LogP contribution in [-0.4, -0.2) is 111 Å². The first-order chi connectivity index (χ1) is 31.2. The van der Waals surface area contributed by atoms with Gasteiger partial charge in [0.1, 0.15) is 75.1 Å². The molecule has 10 rings (SSSR count). The van der Waals surface area contributed by atoms with E-state index in [1.54, 1.807) is 41.5 Å². The summed E-state index contributed by atoms with van der Waals surface area (Å²) in [6.07, 6.45) is 1.86. The van der Waals surface area contributed by atoms with Gasteiger partial charge in [-0.2, -0.15) is 0 Å². The molecule has 16 heteroatoms. The average Bonchev–Trinajstić information content (AvgIpc) is 4.07. The minimum Gasteiger partial charge on any atom is -0.497 e. The fourth-order valence-corrected chi connectivity index (χ4v) is 9.77. The molecule has 4 aliphatic heterocycles. The molecule has 6 aromatic rings. The SMILES string of the molecule is CNC1=C(c2nc3ccccc3[nH]2)C(=O)[C@@]2(CCC(COc3cc(OC)cc(N4C(NC)=C(c5nc6ccccc6[nH]5)C(=O)[C@]45CCCOC5)c3)OC2)N1c1cc(OC)cc(OC)c1. The summed E-state index contributed by atoms with van der Waals surface area (Å²) in [5.74, 6) is 4.18. The minimum absolute atomic E-state index is 0.0664. The summed E-state index contributed by atoms with van der Waals surface area (Å²) in [7, 11) is 8.40. The van der Waals surface area contributed by atoms with Gasteiger partial charge in [-0.1, -0.05) is 24.3 Å². The molecular formula is C48H50N8O8. The van der Waals surface area contributed by atoms with E-state index >= 15 is 4.79 Å². The molecule has 4 N–H and O–H groups in total. The molecule has 0 saturated carbocycles. The molecule has 330 valence electrons. The van der Waals surface area contributed by atoms with Crippen molar-refractivity contribution in [3.8, 4) is 23.0 Å². The predicted octanol–water partition coefficient (Wildman–Crippen LogP) is 5.97. The number of ether oxygens (including phenoxy) is 6. The summed E-state index contributed by atoms with van der Waals surface area (Å²) in [5, 5.41) is 6.67. The lowest BCUT2D eigenvalue weighted by Crippen LogP contribution is -2.58. The first-order valence-electron chi connectivity index (χ1n) is 21.4. The van der Waals surface area contributed by atoms with Crippen molar-refractivity contribution in [2.45, 2.75) is 42.9 Å². The third-order valence-corrected chi connectivity index (χ3v) is 12.8. The van der Waals surface area contributed by atoms with E-state index in [1.807, 2.05) is 88.7 Å². The quantitative estimate of drug-likeness (QED) is 0.113. The van der Waals surface area contributed by atoms with Crippen molar-refractivity contribution in [1.29, 1.82) is 0 Å². The van der Waals surface area contributed by atoms with Crippen LogP contribution in [0.5, 0.6) is 23.0 Å². The van der Waals surface area contributed by atoms with Gasteiger partial charge < -0.3 is 58.8 Å². The number of Topliss-reactive ketones (excluding diaryl/α,β-unsaturated/α-hetero) is 2. The second-order valence-electron chi connectivity index (χ2n) is 16.4. The van der Waals surface area contributed by atoms with Gasteiger partial charge >= 0.3 is 0 Å². The molecule has 2 aromatic heterocycles. The monoisotopic (exact) mass is 866 g/mol. The van der Waals surface area contributed by atoms with Crippen molar-refractivity contribution in [1.82, 2.24) is 30.6 Å². The number of benzene rings is 4. The van der Waals surface area contributed by atoms with Gasteiger partial charge in [-0.05, 0) is 49.9 Å².